The normalized spacial score (nSPS) is 12.1. The van der Waals surface area contributed by atoms with Gasteiger partial charge in [0.15, 0.2) is 5.75 Å². The maximum Gasteiger partial charge on any atom is 0.296 e. The molecule has 0 spiro atoms. The van der Waals surface area contributed by atoms with Gasteiger partial charge in [-0.3, -0.25) is 4.55 Å². The van der Waals surface area contributed by atoms with Crippen LogP contribution >= 0.6 is 0 Å². The number of benzene rings is 3. The van der Waals surface area contributed by atoms with Crippen molar-refractivity contribution in [2.24, 2.45) is 10.2 Å². The molecule has 0 amide bonds. The number of phenolic OH excluding ortho intramolecular Hbond substituents is 1. The summed E-state index contributed by atoms with van der Waals surface area (Å²) in [5, 5.41) is 19.6. The van der Waals surface area contributed by atoms with Gasteiger partial charge in [-0.15, -0.1) is 10.2 Å². The zero-order valence-corrected chi connectivity index (χ0v) is 15.4. The van der Waals surface area contributed by atoms with Gasteiger partial charge in [-0.25, -0.2) is 0 Å². The van der Waals surface area contributed by atoms with Crippen LogP contribution in [0.4, 0.5) is 22.7 Å². The van der Waals surface area contributed by atoms with Gasteiger partial charge in [-0.05, 0) is 60.7 Å². The Bertz CT molecular complexity index is 1200. The Morgan fingerprint density at radius 1 is 0.963 bits per heavy atom. The average Bonchev–Trinajstić information content (AvgIpc) is 2.57. The van der Waals surface area contributed by atoms with Crippen LogP contribution in [0.1, 0.15) is 11.1 Å². The lowest BCUT2D eigenvalue weighted by Crippen LogP contribution is -1.98. The molecule has 0 unspecified atom stereocenters. The lowest BCUT2D eigenvalue weighted by Gasteiger charge is -2.10. The second-order valence-electron chi connectivity index (χ2n) is 6.24. The molecule has 27 heavy (non-hydrogen) atoms. The Hall–Kier alpha value is -3.17. The standard InChI is InChI=1S/C18H18N4O4S/c1-9-3-4-15(16(5-9)27(24,25)26)21-22-17-10(2)6-11-7-13(19)14(20)8-12(11)18(17)23/h3-8,23H,19-20H2,1-2H3,(H,24,25,26). The maximum atomic E-state index is 11.6. The van der Waals surface area contributed by atoms with E-state index in [-0.39, 0.29) is 22.0 Å². The molecular weight excluding hydrogens is 368 g/mol. The van der Waals surface area contributed by atoms with Crippen molar-refractivity contribution >= 4 is 43.6 Å². The number of aryl methyl sites for hydroxylation is 2. The molecule has 0 aliphatic carbocycles. The second-order valence-corrected chi connectivity index (χ2v) is 7.63. The Morgan fingerprint density at radius 2 is 1.63 bits per heavy atom. The molecule has 3 aromatic carbocycles. The zero-order chi connectivity index (χ0) is 19.9. The summed E-state index contributed by atoms with van der Waals surface area (Å²) >= 11 is 0. The molecule has 0 saturated heterocycles. The van der Waals surface area contributed by atoms with Crippen LogP contribution in [0.5, 0.6) is 5.75 Å². The first kappa shape index (κ1) is 18.6. The number of rotatable bonds is 3. The van der Waals surface area contributed by atoms with E-state index in [1.807, 2.05) is 0 Å². The molecule has 140 valence electrons. The summed E-state index contributed by atoms with van der Waals surface area (Å²) in [6.45, 7) is 3.41. The SMILES string of the molecule is Cc1ccc(N=Nc2c(C)cc3cc(N)c(N)cc3c2O)c(S(=O)(=O)O)c1. The molecule has 0 aromatic heterocycles. The summed E-state index contributed by atoms with van der Waals surface area (Å²) in [5.41, 5.74) is 13.7. The zero-order valence-electron chi connectivity index (χ0n) is 14.6. The summed E-state index contributed by atoms with van der Waals surface area (Å²) in [7, 11) is -4.47. The number of nitrogen functional groups attached to an aromatic ring is 2. The van der Waals surface area contributed by atoms with Crippen molar-refractivity contribution < 1.29 is 18.1 Å². The first-order valence-electron chi connectivity index (χ1n) is 7.89. The lowest BCUT2D eigenvalue weighted by atomic mass is 10.0. The number of aromatic hydroxyl groups is 1. The van der Waals surface area contributed by atoms with E-state index in [0.29, 0.717) is 33.3 Å². The maximum absolute atomic E-state index is 11.6. The van der Waals surface area contributed by atoms with Gasteiger partial charge < -0.3 is 16.6 Å². The van der Waals surface area contributed by atoms with E-state index in [4.69, 9.17) is 11.5 Å². The first-order chi connectivity index (χ1) is 12.6. The first-order valence-corrected chi connectivity index (χ1v) is 9.33. The molecule has 0 atom stereocenters. The van der Waals surface area contributed by atoms with Crippen molar-refractivity contribution in [3.8, 4) is 5.75 Å². The number of azo groups is 1. The topological polar surface area (TPSA) is 151 Å². The number of phenols is 1. The summed E-state index contributed by atoms with van der Waals surface area (Å²) in [4.78, 5) is -0.360. The highest BCUT2D eigenvalue weighted by Gasteiger charge is 2.17. The molecule has 0 radical (unpaired) electrons. The molecule has 0 aliphatic rings. The van der Waals surface area contributed by atoms with Crippen LogP contribution in [0.2, 0.25) is 0 Å². The van der Waals surface area contributed by atoms with Crippen molar-refractivity contribution in [1.82, 2.24) is 0 Å². The van der Waals surface area contributed by atoms with Crippen molar-refractivity contribution in [2.75, 3.05) is 11.5 Å². The largest absolute Gasteiger partial charge is 0.505 e. The van der Waals surface area contributed by atoms with Gasteiger partial charge in [0.05, 0.1) is 11.4 Å². The predicted molar refractivity (Wildman–Crippen MR) is 104 cm³/mol. The Labute approximate surface area is 155 Å². The molecule has 3 rings (SSSR count). The van der Waals surface area contributed by atoms with E-state index in [1.165, 1.54) is 18.2 Å². The Balaban J connectivity index is 2.17. The highest BCUT2D eigenvalue weighted by molar-refractivity contribution is 7.86. The monoisotopic (exact) mass is 386 g/mol. The van der Waals surface area contributed by atoms with E-state index in [1.54, 1.807) is 32.0 Å². The average molecular weight is 386 g/mol. The van der Waals surface area contributed by atoms with Crippen molar-refractivity contribution in [3.05, 3.63) is 47.5 Å². The fourth-order valence-corrected chi connectivity index (χ4v) is 3.44. The fourth-order valence-electron chi connectivity index (χ4n) is 2.73. The minimum Gasteiger partial charge on any atom is -0.505 e. The third-order valence-electron chi connectivity index (χ3n) is 4.13. The van der Waals surface area contributed by atoms with Crippen LogP contribution in [0.15, 0.2) is 51.5 Å². The number of anilines is 2. The Morgan fingerprint density at radius 3 is 2.30 bits per heavy atom. The lowest BCUT2D eigenvalue weighted by molar-refractivity contribution is 0.482. The summed E-state index contributed by atoms with van der Waals surface area (Å²) in [5.74, 6) is -0.152. The summed E-state index contributed by atoms with van der Waals surface area (Å²) < 4.78 is 32.5. The van der Waals surface area contributed by atoms with Gasteiger partial charge in [-0.2, -0.15) is 8.42 Å². The van der Waals surface area contributed by atoms with E-state index < -0.39 is 10.1 Å². The molecular formula is C18H18N4O4S. The molecule has 0 heterocycles. The van der Waals surface area contributed by atoms with E-state index in [0.717, 1.165) is 0 Å². The van der Waals surface area contributed by atoms with Crippen LogP contribution in [0.3, 0.4) is 0 Å². The van der Waals surface area contributed by atoms with Gasteiger partial charge in [0.1, 0.15) is 16.3 Å². The quantitative estimate of drug-likeness (QED) is 0.303. The Kier molecular flexibility index (Phi) is 4.50. The van der Waals surface area contributed by atoms with Crippen LogP contribution in [-0.2, 0) is 10.1 Å². The van der Waals surface area contributed by atoms with Crippen LogP contribution in [0.25, 0.3) is 10.8 Å². The van der Waals surface area contributed by atoms with Crippen LogP contribution in [-0.4, -0.2) is 18.1 Å². The third kappa shape index (κ3) is 3.55. The van der Waals surface area contributed by atoms with Gasteiger partial charge in [0.25, 0.3) is 10.1 Å². The number of hydrogen-bond donors (Lipinski definition) is 4. The van der Waals surface area contributed by atoms with E-state index >= 15 is 0 Å². The van der Waals surface area contributed by atoms with Gasteiger partial charge in [0, 0.05) is 5.39 Å². The number of fused-ring (bicyclic) bond motifs is 1. The summed E-state index contributed by atoms with van der Waals surface area (Å²) in [6, 6.07) is 9.30. The van der Waals surface area contributed by atoms with Crippen molar-refractivity contribution in [2.45, 2.75) is 18.7 Å². The van der Waals surface area contributed by atoms with Crippen molar-refractivity contribution in [1.29, 1.82) is 0 Å². The van der Waals surface area contributed by atoms with Crippen LogP contribution in [0, 0.1) is 13.8 Å². The fraction of sp³-hybridized carbons (Fsp3) is 0.111. The molecule has 6 N–H and O–H groups in total. The minimum absolute atomic E-state index is 0.0428. The van der Waals surface area contributed by atoms with E-state index in [9.17, 15) is 18.1 Å². The second kappa shape index (κ2) is 6.53. The summed E-state index contributed by atoms with van der Waals surface area (Å²) in [6.07, 6.45) is 0. The van der Waals surface area contributed by atoms with Gasteiger partial charge in [0.2, 0.25) is 0 Å². The van der Waals surface area contributed by atoms with Crippen LogP contribution < -0.4 is 11.5 Å². The van der Waals surface area contributed by atoms with Gasteiger partial charge in [-0.1, -0.05) is 6.07 Å². The van der Waals surface area contributed by atoms with Gasteiger partial charge >= 0.3 is 0 Å². The molecule has 0 fully saturated rings. The predicted octanol–water partition coefficient (Wildman–Crippen LogP) is 3.99. The van der Waals surface area contributed by atoms with Crippen molar-refractivity contribution in [3.63, 3.8) is 0 Å². The molecule has 8 nitrogen and oxygen atoms in total. The number of nitrogens with two attached hydrogens (primary N) is 2. The highest BCUT2D eigenvalue weighted by atomic mass is 32.2. The smallest absolute Gasteiger partial charge is 0.296 e. The number of hydrogen-bond acceptors (Lipinski definition) is 7. The third-order valence-corrected chi connectivity index (χ3v) is 5.01. The highest BCUT2D eigenvalue weighted by Crippen LogP contribution is 2.41. The molecule has 3 aromatic rings. The molecule has 0 bridgehead atoms. The minimum atomic E-state index is -4.47. The number of nitrogens with zero attached hydrogens (tertiary/aromatic N) is 2. The molecule has 0 aliphatic heterocycles. The molecule has 0 saturated carbocycles. The molecule has 9 heteroatoms. The van der Waals surface area contributed by atoms with E-state index in [2.05, 4.69) is 10.2 Å².